The first-order valence-corrected chi connectivity index (χ1v) is 9.43. The van der Waals surface area contributed by atoms with Gasteiger partial charge in [0.2, 0.25) is 11.8 Å². The van der Waals surface area contributed by atoms with Crippen molar-refractivity contribution in [2.75, 3.05) is 7.11 Å². The van der Waals surface area contributed by atoms with Crippen LogP contribution in [0.3, 0.4) is 0 Å². The second kappa shape index (κ2) is 6.51. The van der Waals surface area contributed by atoms with Gasteiger partial charge in [0.25, 0.3) is 0 Å². The topological polar surface area (TPSA) is 85.3 Å². The second-order valence-electron chi connectivity index (χ2n) is 7.11. The molecule has 8 heteroatoms. The summed E-state index contributed by atoms with van der Waals surface area (Å²) in [6.45, 7) is 0. The van der Waals surface area contributed by atoms with Gasteiger partial charge in [-0.25, -0.2) is 13.6 Å². The Morgan fingerprint density at radius 1 is 1.00 bits per heavy atom. The van der Waals surface area contributed by atoms with Crippen molar-refractivity contribution in [3.63, 3.8) is 0 Å². The first-order chi connectivity index (χ1) is 14.1. The average Bonchev–Trinajstić information content (AvgIpc) is 3.26. The van der Waals surface area contributed by atoms with E-state index in [2.05, 4.69) is 10.3 Å². The van der Waals surface area contributed by atoms with Crippen LogP contribution in [-0.4, -0.2) is 36.9 Å². The number of nitrogens with zero attached hydrogens (tertiary/aromatic N) is 4. The Morgan fingerprint density at radius 2 is 1.69 bits per heavy atom. The number of hydrogen-bond donors (Lipinski definition) is 2. The standard InChI is InChI=1S/C21H19FN4O3/c1-29-19-9-5-4-8-16(19)26-18-11-17(14(22)10-15(18)23-24-26)25-20(27)12-6-2-3-7-13(12)21(25)28/h4-5,8-11,27-28H,2-3,6-7H2,1H3. The zero-order valence-corrected chi connectivity index (χ0v) is 15.8. The van der Waals surface area contributed by atoms with Crippen LogP contribution in [0.1, 0.15) is 24.0 Å². The molecule has 5 rings (SSSR count). The molecule has 0 saturated heterocycles. The second-order valence-corrected chi connectivity index (χ2v) is 7.11. The van der Waals surface area contributed by atoms with Crippen LogP contribution in [0.4, 0.5) is 4.39 Å². The van der Waals surface area contributed by atoms with Gasteiger partial charge in [-0.2, -0.15) is 0 Å². The van der Waals surface area contributed by atoms with E-state index < -0.39 is 5.82 Å². The van der Waals surface area contributed by atoms with Crippen LogP contribution in [0.25, 0.3) is 22.4 Å². The summed E-state index contributed by atoms with van der Waals surface area (Å²) in [5.41, 5.74) is 2.94. The molecule has 0 bridgehead atoms. The van der Waals surface area contributed by atoms with E-state index in [0.29, 0.717) is 46.4 Å². The van der Waals surface area contributed by atoms with Crippen molar-refractivity contribution >= 4 is 11.0 Å². The fourth-order valence-corrected chi connectivity index (χ4v) is 4.08. The van der Waals surface area contributed by atoms with Crippen LogP contribution in [0.15, 0.2) is 36.4 Å². The zero-order chi connectivity index (χ0) is 20.1. The smallest absolute Gasteiger partial charge is 0.202 e. The van der Waals surface area contributed by atoms with Gasteiger partial charge in [-0.15, -0.1) is 5.10 Å². The van der Waals surface area contributed by atoms with Gasteiger partial charge in [0.15, 0.2) is 0 Å². The largest absolute Gasteiger partial charge is 0.494 e. The third kappa shape index (κ3) is 2.55. The van der Waals surface area contributed by atoms with Gasteiger partial charge in [0, 0.05) is 17.2 Å². The van der Waals surface area contributed by atoms with E-state index in [9.17, 15) is 14.6 Å². The van der Waals surface area contributed by atoms with Gasteiger partial charge in [0.1, 0.15) is 22.8 Å². The lowest BCUT2D eigenvalue weighted by molar-refractivity contribution is 0.396. The number of methoxy groups -OCH3 is 1. The number of aromatic hydroxyl groups is 2. The van der Waals surface area contributed by atoms with Crippen molar-refractivity contribution in [2.24, 2.45) is 0 Å². The normalized spacial score (nSPS) is 13.6. The lowest BCUT2D eigenvalue weighted by Gasteiger charge is -2.11. The quantitative estimate of drug-likeness (QED) is 0.554. The molecule has 1 aliphatic carbocycles. The Morgan fingerprint density at radius 3 is 2.38 bits per heavy atom. The molecular formula is C21H19FN4O3. The average molecular weight is 394 g/mol. The Kier molecular flexibility index (Phi) is 3.94. The SMILES string of the molecule is COc1ccccc1-n1nnc2cc(F)c(-n3c(O)c4c(c3O)CCCC4)cc21. The molecule has 1 aliphatic rings. The third-order valence-corrected chi connectivity index (χ3v) is 5.50. The summed E-state index contributed by atoms with van der Waals surface area (Å²) in [5.74, 6) is -0.256. The minimum Gasteiger partial charge on any atom is -0.494 e. The van der Waals surface area contributed by atoms with Crippen molar-refractivity contribution in [1.82, 2.24) is 19.6 Å². The van der Waals surface area contributed by atoms with Crippen molar-refractivity contribution in [3.8, 4) is 28.9 Å². The van der Waals surface area contributed by atoms with E-state index in [-0.39, 0.29) is 17.4 Å². The van der Waals surface area contributed by atoms with E-state index in [1.807, 2.05) is 18.2 Å². The summed E-state index contributed by atoms with van der Waals surface area (Å²) in [4.78, 5) is 0. The van der Waals surface area contributed by atoms with Gasteiger partial charge in [-0.1, -0.05) is 17.3 Å². The van der Waals surface area contributed by atoms with Crippen LogP contribution in [0.2, 0.25) is 0 Å². The minimum absolute atomic E-state index is 0.0420. The summed E-state index contributed by atoms with van der Waals surface area (Å²) < 4.78 is 23.1. The molecule has 0 unspecified atom stereocenters. The van der Waals surface area contributed by atoms with Crippen LogP contribution in [-0.2, 0) is 12.8 Å². The van der Waals surface area contributed by atoms with E-state index in [1.54, 1.807) is 17.9 Å². The summed E-state index contributed by atoms with van der Waals surface area (Å²) in [7, 11) is 1.56. The van der Waals surface area contributed by atoms with Crippen molar-refractivity contribution in [1.29, 1.82) is 0 Å². The summed E-state index contributed by atoms with van der Waals surface area (Å²) >= 11 is 0. The molecule has 2 aromatic carbocycles. The molecular weight excluding hydrogens is 375 g/mol. The van der Waals surface area contributed by atoms with E-state index in [0.717, 1.165) is 12.8 Å². The lowest BCUT2D eigenvalue weighted by atomic mass is 9.95. The molecule has 7 nitrogen and oxygen atoms in total. The predicted octanol–water partition coefficient (Wildman–Crippen LogP) is 3.65. The fraction of sp³-hybridized carbons (Fsp3) is 0.238. The summed E-state index contributed by atoms with van der Waals surface area (Å²) in [5, 5.41) is 29.6. The maximum Gasteiger partial charge on any atom is 0.202 e. The highest BCUT2D eigenvalue weighted by molar-refractivity contribution is 5.80. The molecule has 0 spiro atoms. The molecule has 29 heavy (non-hydrogen) atoms. The number of benzene rings is 2. The van der Waals surface area contributed by atoms with Crippen LogP contribution in [0.5, 0.6) is 17.5 Å². The van der Waals surface area contributed by atoms with Gasteiger partial charge in [0.05, 0.1) is 18.3 Å². The van der Waals surface area contributed by atoms with Crippen LogP contribution >= 0.6 is 0 Å². The maximum absolute atomic E-state index is 14.9. The maximum atomic E-state index is 14.9. The highest BCUT2D eigenvalue weighted by Crippen LogP contribution is 2.42. The molecule has 2 heterocycles. The Hall–Kier alpha value is -3.55. The highest BCUT2D eigenvalue weighted by Gasteiger charge is 2.27. The van der Waals surface area contributed by atoms with Crippen molar-refractivity contribution < 1.29 is 19.3 Å². The predicted molar refractivity (Wildman–Crippen MR) is 105 cm³/mol. The molecule has 0 radical (unpaired) electrons. The highest BCUT2D eigenvalue weighted by atomic mass is 19.1. The molecule has 2 N–H and O–H groups in total. The van der Waals surface area contributed by atoms with Crippen LogP contribution in [0, 0.1) is 5.82 Å². The monoisotopic (exact) mass is 394 g/mol. The van der Waals surface area contributed by atoms with E-state index in [1.165, 1.54) is 16.7 Å². The van der Waals surface area contributed by atoms with Gasteiger partial charge < -0.3 is 14.9 Å². The molecule has 0 fully saturated rings. The summed E-state index contributed by atoms with van der Waals surface area (Å²) in [6.07, 6.45) is 3.17. The van der Waals surface area contributed by atoms with Crippen LogP contribution < -0.4 is 4.74 Å². The fourth-order valence-electron chi connectivity index (χ4n) is 4.08. The Balaban J connectivity index is 1.75. The minimum atomic E-state index is -0.609. The van der Waals surface area contributed by atoms with Gasteiger partial charge in [-0.05, 0) is 43.9 Å². The molecule has 148 valence electrons. The number of rotatable bonds is 3. The van der Waals surface area contributed by atoms with E-state index in [4.69, 9.17) is 4.74 Å². The first kappa shape index (κ1) is 17.5. The molecule has 2 aromatic heterocycles. The number of hydrogen-bond acceptors (Lipinski definition) is 5. The molecule has 0 atom stereocenters. The molecule has 0 saturated carbocycles. The summed E-state index contributed by atoms with van der Waals surface area (Å²) in [6, 6.07) is 10.1. The zero-order valence-electron chi connectivity index (χ0n) is 15.8. The number of para-hydroxylation sites is 2. The Bertz CT molecular complexity index is 1220. The molecule has 0 aliphatic heterocycles. The van der Waals surface area contributed by atoms with Gasteiger partial charge in [-0.3, -0.25) is 0 Å². The lowest BCUT2D eigenvalue weighted by Crippen LogP contribution is -2.02. The van der Waals surface area contributed by atoms with E-state index >= 15 is 0 Å². The first-order valence-electron chi connectivity index (χ1n) is 9.43. The number of ether oxygens (including phenoxy) is 1. The third-order valence-electron chi connectivity index (χ3n) is 5.50. The Labute approximate surface area is 165 Å². The molecule has 4 aromatic rings. The number of halogens is 1. The molecule has 0 amide bonds. The number of fused-ring (bicyclic) bond motifs is 2. The van der Waals surface area contributed by atoms with Gasteiger partial charge >= 0.3 is 0 Å². The number of aromatic nitrogens is 4. The van der Waals surface area contributed by atoms with Crippen molar-refractivity contribution in [2.45, 2.75) is 25.7 Å². The van der Waals surface area contributed by atoms with Crippen molar-refractivity contribution in [3.05, 3.63) is 53.3 Å².